The average Bonchev–Trinajstić information content (AvgIpc) is 3.27. The van der Waals surface area contributed by atoms with Crippen LogP contribution in [0.3, 0.4) is 0 Å². The van der Waals surface area contributed by atoms with E-state index in [-0.39, 0.29) is 18.5 Å². The number of nitrogens with one attached hydrogen (secondary N) is 1. The Bertz CT molecular complexity index is 1170. The van der Waals surface area contributed by atoms with Crippen molar-refractivity contribution in [1.29, 1.82) is 0 Å². The third-order valence-corrected chi connectivity index (χ3v) is 5.74. The van der Waals surface area contributed by atoms with Crippen molar-refractivity contribution < 1.29 is 4.74 Å². The number of hydrogen-bond donors (Lipinski definition) is 1. The predicted octanol–water partition coefficient (Wildman–Crippen LogP) is 5.97. The molecule has 1 N–H and O–H groups in total. The minimum Gasteiger partial charge on any atom is -0.472 e. The summed E-state index contributed by atoms with van der Waals surface area (Å²) in [7, 11) is 0. The Balaban J connectivity index is 0.00000245. The molecule has 5 nitrogen and oxygen atoms in total. The Labute approximate surface area is 198 Å². The summed E-state index contributed by atoms with van der Waals surface area (Å²) >= 11 is 6.00. The molecule has 5 rings (SSSR count). The van der Waals surface area contributed by atoms with Crippen molar-refractivity contribution in [2.75, 3.05) is 23.3 Å². The number of hydrogen-bond acceptors (Lipinski definition) is 5. The van der Waals surface area contributed by atoms with Crippen LogP contribution in [0.4, 0.5) is 11.5 Å². The molecule has 1 aliphatic heterocycles. The van der Waals surface area contributed by atoms with E-state index in [0.29, 0.717) is 12.4 Å². The molecule has 0 aliphatic carbocycles. The Kier molecular flexibility index (Phi) is 6.98. The smallest absolute Gasteiger partial charge is 0.213 e. The molecular formula is C25H24Cl2N4O. The number of aromatic nitrogens is 2. The van der Waals surface area contributed by atoms with Gasteiger partial charge in [-0.3, -0.25) is 0 Å². The Morgan fingerprint density at radius 2 is 1.84 bits per heavy atom. The molecule has 2 aromatic carbocycles. The van der Waals surface area contributed by atoms with Crippen LogP contribution in [0.1, 0.15) is 12.0 Å². The van der Waals surface area contributed by atoms with E-state index in [1.807, 2.05) is 48.5 Å². The maximum atomic E-state index is 6.09. The minimum atomic E-state index is 0. The van der Waals surface area contributed by atoms with E-state index in [4.69, 9.17) is 21.3 Å². The van der Waals surface area contributed by atoms with Crippen LogP contribution < -0.4 is 15.0 Å². The third kappa shape index (κ3) is 5.06. The first kappa shape index (κ1) is 22.2. The molecular weight excluding hydrogens is 443 g/mol. The van der Waals surface area contributed by atoms with Gasteiger partial charge in [0.2, 0.25) is 5.88 Å². The zero-order chi connectivity index (χ0) is 21.0. The van der Waals surface area contributed by atoms with Gasteiger partial charge in [-0.05, 0) is 29.8 Å². The van der Waals surface area contributed by atoms with E-state index < -0.39 is 0 Å². The summed E-state index contributed by atoms with van der Waals surface area (Å²) in [5.41, 5.74) is 3.31. The molecule has 1 fully saturated rings. The lowest BCUT2D eigenvalue weighted by Crippen LogP contribution is -2.25. The molecule has 4 aromatic rings. The van der Waals surface area contributed by atoms with Gasteiger partial charge in [0, 0.05) is 53.9 Å². The highest BCUT2D eigenvalue weighted by Gasteiger charge is 2.26. The Morgan fingerprint density at radius 3 is 2.66 bits per heavy atom. The zero-order valence-corrected chi connectivity index (χ0v) is 19.0. The van der Waals surface area contributed by atoms with Crippen LogP contribution in [0.15, 0.2) is 79.0 Å². The van der Waals surface area contributed by atoms with Crippen molar-refractivity contribution >= 4 is 46.4 Å². The summed E-state index contributed by atoms with van der Waals surface area (Å²) in [6.07, 6.45) is 2.84. The largest absolute Gasteiger partial charge is 0.472 e. The number of nitrogens with zero attached hydrogens (tertiary/aromatic N) is 3. The van der Waals surface area contributed by atoms with Crippen LogP contribution in [0, 0.1) is 0 Å². The monoisotopic (exact) mass is 466 g/mol. The molecule has 7 heteroatoms. The van der Waals surface area contributed by atoms with E-state index in [9.17, 15) is 0 Å². The van der Waals surface area contributed by atoms with Gasteiger partial charge < -0.3 is 15.0 Å². The molecule has 0 unspecified atom stereocenters. The molecule has 1 aliphatic rings. The van der Waals surface area contributed by atoms with Crippen molar-refractivity contribution in [3.8, 4) is 5.88 Å². The lowest BCUT2D eigenvalue weighted by atomic mass is 10.1. The first-order chi connectivity index (χ1) is 15.2. The molecule has 0 spiro atoms. The summed E-state index contributed by atoms with van der Waals surface area (Å²) < 4.78 is 6.09. The molecule has 0 saturated carbocycles. The summed E-state index contributed by atoms with van der Waals surface area (Å²) in [5, 5.41) is 5.36. The van der Waals surface area contributed by atoms with Gasteiger partial charge >= 0.3 is 0 Å². The fourth-order valence-electron chi connectivity index (χ4n) is 3.93. The lowest BCUT2D eigenvalue weighted by Gasteiger charge is -2.22. The number of halogens is 2. The molecule has 1 atom stereocenters. The number of rotatable bonds is 6. The van der Waals surface area contributed by atoms with Gasteiger partial charge in [-0.1, -0.05) is 48.0 Å². The van der Waals surface area contributed by atoms with E-state index >= 15 is 0 Å². The highest BCUT2D eigenvalue weighted by atomic mass is 35.5. The van der Waals surface area contributed by atoms with E-state index in [0.717, 1.165) is 46.8 Å². The molecule has 0 bridgehead atoms. The highest BCUT2D eigenvalue weighted by molar-refractivity contribution is 6.30. The van der Waals surface area contributed by atoms with Gasteiger partial charge in [0.15, 0.2) is 0 Å². The molecule has 0 amide bonds. The summed E-state index contributed by atoms with van der Waals surface area (Å²) in [6.45, 7) is 2.44. The number of benzene rings is 2. The average molecular weight is 467 g/mol. The molecule has 0 radical (unpaired) electrons. The van der Waals surface area contributed by atoms with Crippen LogP contribution in [0.2, 0.25) is 5.02 Å². The van der Waals surface area contributed by atoms with Crippen LogP contribution in [0.5, 0.6) is 5.88 Å². The SMILES string of the molecule is Cl.Clc1ccc(CNc2cc(N3CC[C@H](Oc4ccccn4)C3)c3ccccc3n2)cc1. The van der Waals surface area contributed by atoms with Crippen molar-refractivity contribution in [2.24, 2.45) is 0 Å². The van der Waals surface area contributed by atoms with E-state index in [1.54, 1.807) is 6.20 Å². The number of ether oxygens (including phenoxy) is 1. The molecule has 1 saturated heterocycles. The van der Waals surface area contributed by atoms with Gasteiger partial charge in [-0.15, -0.1) is 12.4 Å². The second-order valence-electron chi connectivity index (χ2n) is 7.67. The minimum absolute atomic E-state index is 0. The highest BCUT2D eigenvalue weighted by Crippen LogP contribution is 2.32. The van der Waals surface area contributed by atoms with Gasteiger partial charge in [0.25, 0.3) is 0 Å². The fraction of sp³-hybridized carbons (Fsp3) is 0.200. The van der Waals surface area contributed by atoms with Gasteiger partial charge in [0.1, 0.15) is 11.9 Å². The van der Waals surface area contributed by atoms with Crippen molar-refractivity contribution in [1.82, 2.24) is 9.97 Å². The molecule has 3 heterocycles. The number of para-hydroxylation sites is 1. The van der Waals surface area contributed by atoms with Crippen LogP contribution >= 0.6 is 24.0 Å². The van der Waals surface area contributed by atoms with Gasteiger partial charge in [-0.25, -0.2) is 9.97 Å². The molecule has 164 valence electrons. The van der Waals surface area contributed by atoms with Crippen LogP contribution in [0.25, 0.3) is 10.9 Å². The Morgan fingerprint density at radius 1 is 1.03 bits per heavy atom. The number of fused-ring (bicyclic) bond motifs is 1. The van der Waals surface area contributed by atoms with Crippen molar-refractivity contribution in [3.63, 3.8) is 0 Å². The third-order valence-electron chi connectivity index (χ3n) is 5.49. The second-order valence-corrected chi connectivity index (χ2v) is 8.10. The maximum absolute atomic E-state index is 6.09. The number of anilines is 2. The standard InChI is InChI=1S/C25H23ClN4O.ClH/c26-19-10-8-18(9-11-19)16-28-24-15-23(21-5-1-2-6-22(21)29-24)30-14-12-20(17-30)31-25-7-3-4-13-27-25;/h1-11,13,15,20H,12,14,16-17H2,(H,28,29);1H/t20-;/m0./s1. The topological polar surface area (TPSA) is 50.3 Å². The Hall–Kier alpha value is -3.02. The first-order valence-corrected chi connectivity index (χ1v) is 10.8. The van der Waals surface area contributed by atoms with Crippen molar-refractivity contribution in [2.45, 2.75) is 19.1 Å². The lowest BCUT2D eigenvalue weighted by molar-refractivity contribution is 0.216. The first-order valence-electron chi connectivity index (χ1n) is 10.5. The zero-order valence-electron chi connectivity index (χ0n) is 17.4. The maximum Gasteiger partial charge on any atom is 0.213 e. The summed E-state index contributed by atoms with van der Waals surface area (Å²) in [6, 6.07) is 24.0. The molecule has 2 aromatic heterocycles. The van der Waals surface area contributed by atoms with E-state index in [2.05, 4.69) is 39.5 Å². The van der Waals surface area contributed by atoms with Gasteiger partial charge in [0.05, 0.1) is 12.1 Å². The molecule has 32 heavy (non-hydrogen) atoms. The second kappa shape index (κ2) is 10.1. The van der Waals surface area contributed by atoms with Crippen LogP contribution in [-0.4, -0.2) is 29.2 Å². The summed E-state index contributed by atoms with van der Waals surface area (Å²) in [5.74, 6) is 1.54. The van der Waals surface area contributed by atoms with Crippen molar-refractivity contribution in [3.05, 3.63) is 89.6 Å². The van der Waals surface area contributed by atoms with Crippen LogP contribution in [-0.2, 0) is 6.54 Å². The van der Waals surface area contributed by atoms with E-state index in [1.165, 1.54) is 5.69 Å². The quantitative estimate of drug-likeness (QED) is 0.378. The number of pyridine rings is 2. The summed E-state index contributed by atoms with van der Waals surface area (Å²) in [4.78, 5) is 11.5. The predicted molar refractivity (Wildman–Crippen MR) is 133 cm³/mol. The van der Waals surface area contributed by atoms with Gasteiger partial charge in [-0.2, -0.15) is 0 Å². The normalized spacial score (nSPS) is 15.4. The fourth-order valence-corrected chi connectivity index (χ4v) is 4.06.